The summed E-state index contributed by atoms with van der Waals surface area (Å²) >= 11 is 0. The maximum atomic E-state index is 5.55. The van der Waals surface area contributed by atoms with Gasteiger partial charge in [-0.15, -0.1) is 0 Å². The molecule has 0 fully saturated rings. The molecule has 0 saturated carbocycles. The van der Waals surface area contributed by atoms with E-state index in [0.717, 1.165) is 18.8 Å². The number of hydrogen-bond donors (Lipinski definition) is 0. The van der Waals surface area contributed by atoms with Crippen molar-refractivity contribution in [1.29, 1.82) is 0 Å². The standard InChI is InChI=1S/C27H48O8/c1-2-3-4-5-9-12-28-13-14-29-15-16-30-17-18-31-19-20-32-21-22-33-23-24-34-25-26-35-27-10-7-6-8-11-27/h6-8,10-11H,2-5,9,12-26H2,1H3. The first kappa shape index (κ1) is 31.8. The first-order valence-electron chi connectivity index (χ1n) is 13.2. The highest BCUT2D eigenvalue weighted by Gasteiger charge is 1.96. The summed E-state index contributed by atoms with van der Waals surface area (Å²) in [6, 6.07) is 9.70. The van der Waals surface area contributed by atoms with Crippen LogP contribution in [0.1, 0.15) is 39.0 Å². The minimum Gasteiger partial charge on any atom is -0.491 e. The smallest absolute Gasteiger partial charge is 0.119 e. The molecule has 8 heteroatoms. The van der Waals surface area contributed by atoms with Crippen molar-refractivity contribution in [3.8, 4) is 5.75 Å². The molecule has 0 amide bonds. The normalized spacial score (nSPS) is 11.2. The third kappa shape index (κ3) is 24.2. The van der Waals surface area contributed by atoms with E-state index >= 15 is 0 Å². The van der Waals surface area contributed by atoms with Gasteiger partial charge in [0.25, 0.3) is 0 Å². The second kappa shape index (κ2) is 27.3. The van der Waals surface area contributed by atoms with Crippen LogP contribution in [0.15, 0.2) is 30.3 Å². The maximum absolute atomic E-state index is 5.55. The number of benzene rings is 1. The lowest BCUT2D eigenvalue weighted by molar-refractivity contribution is -0.0213. The third-order valence-electron chi connectivity index (χ3n) is 4.86. The molecule has 0 aliphatic heterocycles. The fourth-order valence-electron chi connectivity index (χ4n) is 2.96. The highest BCUT2D eigenvalue weighted by molar-refractivity contribution is 5.20. The molecular weight excluding hydrogens is 452 g/mol. The average molecular weight is 501 g/mol. The Morgan fingerprint density at radius 2 is 0.771 bits per heavy atom. The number of ether oxygens (including phenoxy) is 8. The lowest BCUT2D eigenvalue weighted by Gasteiger charge is -2.09. The van der Waals surface area contributed by atoms with Crippen LogP contribution < -0.4 is 4.74 Å². The molecule has 8 nitrogen and oxygen atoms in total. The third-order valence-corrected chi connectivity index (χ3v) is 4.86. The van der Waals surface area contributed by atoms with Gasteiger partial charge in [0.2, 0.25) is 0 Å². The van der Waals surface area contributed by atoms with Crippen molar-refractivity contribution < 1.29 is 37.9 Å². The topological polar surface area (TPSA) is 73.8 Å². The summed E-state index contributed by atoms with van der Waals surface area (Å²) in [6.45, 7) is 10.9. The van der Waals surface area contributed by atoms with Crippen LogP contribution in [-0.2, 0) is 33.2 Å². The van der Waals surface area contributed by atoms with Crippen LogP contribution in [0.25, 0.3) is 0 Å². The van der Waals surface area contributed by atoms with Crippen molar-refractivity contribution in [2.75, 3.05) is 99.1 Å². The van der Waals surface area contributed by atoms with E-state index in [2.05, 4.69) is 6.92 Å². The molecule has 0 aliphatic carbocycles. The molecule has 0 saturated heterocycles. The molecule has 204 valence electrons. The quantitative estimate of drug-likeness (QED) is 0.159. The van der Waals surface area contributed by atoms with Gasteiger partial charge in [-0.25, -0.2) is 0 Å². The Hall–Kier alpha value is -1.26. The molecule has 0 aliphatic rings. The average Bonchev–Trinajstić information content (AvgIpc) is 2.89. The SMILES string of the molecule is CCCCCCCOCCOCCOCCOCCOCCOCCOCCOc1ccccc1. The molecular formula is C27H48O8. The van der Waals surface area contributed by atoms with Crippen molar-refractivity contribution in [1.82, 2.24) is 0 Å². The lowest BCUT2D eigenvalue weighted by atomic mass is 10.2. The summed E-state index contributed by atoms with van der Waals surface area (Å²) in [4.78, 5) is 0. The minimum absolute atomic E-state index is 0.528. The molecule has 0 aromatic heterocycles. The number of para-hydroxylation sites is 1. The summed E-state index contributed by atoms with van der Waals surface area (Å²) in [6.07, 6.45) is 6.31. The zero-order valence-corrected chi connectivity index (χ0v) is 21.8. The molecule has 0 spiro atoms. The van der Waals surface area contributed by atoms with Gasteiger partial charge in [-0.3, -0.25) is 0 Å². The molecule has 0 N–H and O–H groups in total. The van der Waals surface area contributed by atoms with Crippen LogP contribution in [0.4, 0.5) is 0 Å². The van der Waals surface area contributed by atoms with E-state index in [9.17, 15) is 0 Å². The van der Waals surface area contributed by atoms with Gasteiger partial charge in [0.15, 0.2) is 0 Å². The summed E-state index contributed by atoms with van der Waals surface area (Å²) in [7, 11) is 0. The van der Waals surface area contributed by atoms with Gasteiger partial charge in [-0.2, -0.15) is 0 Å². The molecule has 0 heterocycles. The van der Waals surface area contributed by atoms with Gasteiger partial charge >= 0.3 is 0 Å². The van der Waals surface area contributed by atoms with Crippen LogP contribution in [0, 0.1) is 0 Å². The number of hydrogen-bond acceptors (Lipinski definition) is 8. The lowest BCUT2D eigenvalue weighted by Crippen LogP contribution is -2.15. The Morgan fingerprint density at radius 3 is 1.20 bits per heavy atom. The maximum Gasteiger partial charge on any atom is 0.119 e. The summed E-state index contributed by atoms with van der Waals surface area (Å²) < 4.78 is 43.9. The molecule has 0 atom stereocenters. The van der Waals surface area contributed by atoms with Crippen LogP contribution in [-0.4, -0.2) is 99.1 Å². The Bertz CT molecular complexity index is 517. The fraction of sp³-hybridized carbons (Fsp3) is 0.778. The Labute approximate surface area is 212 Å². The first-order valence-corrected chi connectivity index (χ1v) is 13.2. The van der Waals surface area contributed by atoms with E-state index < -0.39 is 0 Å². The predicted octanol–water partition coefficient (Wildman–Crippen LogP) is 4.15. The Kier molecular flexibility index (Phi) is 24.8. The summed E-state index contributed by atoms with van der Waals surface area (Å²) in [5.74, 6) is 0.853. The molecule has 0 radical (unpaired) electrons. The van der Waals surface area contributed by atoms with E-state index in [4.69, 9.17) is 37.9 Å². The second-order valence-electron chi connectivity index (χ2n) is 7.86. The van der Waals surface area contributed by atoms with E-state index in [1.165, 1.54) is 25.7 Å². The molecule has 0 unspecified atom stereocenters. The van der Waals surface area contributed by atoms with E-state index in [0.29, 0.717) is 92.5 Å². The number of rotatable bonds is 28. The monoisotopic (exact) mass is 500 g/mol. The van der Waals surface area contributed by atoms with Gasteiger partial charge in [-0.05, 0) is 18.6 Å². The van der Waals surface area contributed by atoms with Gasteiger partial charge in [-0.1, -0.05) is 50.8 Å². The van der Waals surface area contributed by atoms with Crippen LogP contribution >= 0.6 is 0 Å². The van der Waals surface area contributed by atoms with Crippen molar-refractivity contribution >= 4 is 0 Å². The highest BCUT2D eigenvalue weighted by Crippen LogP contribution is 2.07. The summed E-state index contributed by atoms with van der Waals surface area (Å²) in [5, 5.41) is 0. The van der Waals surface area contributed by atoms with E-state index in [-0.39, 0.29) is 0 Å². The molecule has 35 heavy (non-hydrogen) atoms. The fourth-order valence-corrected chi connectivity index (χ4v) is 2.96. The van der Waals surface area contributed by atoms with Crippen molar-refractivity contribution in [2.45, 2.75) is 39.0 Å². The largest absolute Gasteiger partial charge is 0.491 e. The predicted molar refractivity (Wildman–Crippen MR) is 136 cm³/mol. The minimum atomic E-state index is 0.528. The van der Waals surface area contributed by atoms with Crippen molar-refractivity contribution in [3.63, 3.8) is 0 Å². The van der Waals surface area contributed by atoms with Gasteiger partial charge in [0, 0.05) is 6.61 Å². The van der Waals surface area contributed by atoms with E-state index in [1.54, 1.807) is 0 Å². The molecule has 0 bridgehead atoms. The zero-order valence-electron chi connectivity index (χ0n) is 21.8. The van der Waals surface area contributed by atoms with Crippen molar-refractivity contribution in [3.05, 3.63) is 30.3 Å². The zero-order chi connectivity index (χ0) is 24.9. The first-order chi connectivity index (χ1) is 17.4. The second-order valence-corrected chi connectivity index (χ2v) is 7.86. The molecule has 1 rings (SSSR count). The van der Waals surface area contributed by atoms with Gasteiger partial charge in [0.1, 0.15) is 12.4 Å². The van der Waals surface area contributed by atoms with Gasteiger partial charge in [0.05, 0.1) is 85.9 Å². The number of unbranched alkanes of at least 4 members (excludes halogenated alkanes) is 4. The molecule has 1 aromatic rings. The Balaban J connectivity index is 1.63. The van der Waals surface area contributed by atoms with Crippen LogP contribution in [0.3, 0.4) is 0 Å². The Morgan fingerprint density at radius 1 is 0.400 bits per heavy atom. The molecule has 1 aromatic carbocycles. The van der Waals surface area contributed by atoms with Crippen LogP contribution in [0.5, 0.6) is 5.75 Å². The highest BCUT2D eigenvalue weighted by atomic mass is 16.6. The summed E-state index contributed by atoms with van der Waals surface area (Å²) in [5.41, 5.74) is 0. The van der Waals surface area contributed by atoms with E-state index in [1.807, 2.05) is 30.3 Å². The van der Waals surface area contributed by atoms with Gasteiger partial charge < -0.3 is 37.9 Å². The van der Waals surface area contributed by atoms with Crippen molar-refractivity contribution in [2.24, 2.45) is 0 Å². The van der Waals surface area contributed by atoms with Crippen LogP contribution in [0.2, 0.25) is 0 Å².